The lowest BCUT2D eigenvalue weighted by Gasteiger charge is -2.27. The van der Waals surface area contributed by atoms with Gasteiger partial charge in [-0.1, -0.05) is 25.4 Å². The van der Waals surface area contributed by atoms with Crippen LogP contribution in [0.3, 0.4) is 0 Å². The summed E-state index contributed by atoms with van der Waals surface area (Å²) in [5.74, 6) is 0.334. The second kappa shape index (κ2) is 7.19. The first-order valence-electron chi connectivity index (χ1n) is 6.62. The number of carbonyl (C=O) groups excluding carboxylic acids is 1. The molecule has 0 heterocycles. The lowest BCUT2D eigenvalue weighted by molar-refractivity contribution is -0.121. The van der Waals surface area contributed by atoms with E-state index in [9.17, 15) is 10.1 Å². The van der Waals surface area contributed by atoms with Gasteiger partial charge in [0.05, 0.1) is 25.4 Å². The summed E-state index contributed by atoms with van der Waals surface area (Å²) < 4.78 is 5.19. The Labute approximate surface area is 130 Å². The first-order valence-corrected chi connectivity index (χ1v) is 7.00. The molecule has 1 atom stereocenters. The van der Waals surface area contributed by atoms with E-state index in [1.54, 1.807) is 32.2 Å². The van der Waals surface area contributed by atoms with Crippen molar-refractivity contribution in [2.24, 2.45) is 5.92 Å². The van der Waals surface area contributed by atoms with E-state index < -0.39 is 5.54 Å². The van der Waals surface area contributed by atoms with Gasteiger partial charge >= 0.3 is 0 Å². The molecule has 0 saturated carbocycles. The van der Waals surface area contributed by atoms with Gasteiger partial charge in [0.1, 0.15) is 11.3 Å². The van der Waals surface area contributed by atoms with E-state index in [-0.39, 0.29) is 18.4 Å². The maximum Gasteiger partial charge on any atom is 0.240 e. The van der Waals surface area contributed by atoms with Crippen LogP contribution in [0.15, 0.2) is 18.2 Å². The van der Waals surface area contributed by atoms with Crippen molar-refractivity contribution >= 4 is 23.2 Å². The van der Waals surface area contributed by atoms with Crippen molar-refractivity contribution < 1.29 is 9.53 Å². The number of nitrogens with one attached hydrogen (secondary N) is 2. The molecule has 0 aliphatic heterocycles. The lowest BCUT2D eigenvalue weighted by Crippen LogP contribution is -2.50. The molecule has 0 unspecified atom stereocenters. The van der Waals surface area contributed by atoms with E-state index in [0.29, 0.717) is 16.5 Å². The predicted molar refractivity (Wildman–Crippen MR) is 83.5 cm³/mol. The molecule has 5 nitrogen and oxygen atoms in total. The van der Waals surface area contributed by atoms with Crippen molar-refractivity contribution in [1.29, 1.82) is 5.26 Å². The zero-order valence-corrected chi connectivity index (χ0v) is 13.4. The van der Waals surface area contributed by atoms with Crippen LogP contribution in [-0.4, -0.2) is 25.1 Å². The number of benzene rings is 1. The standard InChI is InChI=1S/C15H20ClN3O2/c1-10(2)15(3,9-17)19-14(20)8-18-12-7-11(16)5-6-13(12)21-4/h5-7,10,18H,8H2,1-4H3,(H,19,20)/t15-/m1/s1. The van der Waals surface area contributed by atoms with Crippen LogP contribution in [0.2, 0.25) is 5.02 Å². The molecule has 1 aromatic rings. The van der Waals surface area contributed by atoms with Crippen LogP contribution in [-0.2, 0) is 4.79 Å². The maximum absolute atomic E-state index is 12.0. The van der Waals surface area contributed by atoms with Crippen LogP contribution >= 0.6 is 11.6 Å². The van der Waals surface area contributed by atoms with Gasteiger partial charge in [-0.15, -0.1) is 0 Å². The third kappa shape index (κ3) is 4.54. The van der Waals surface area contributed by atoms with E-state index in [4.69, 9.17) is 16.3 Å². The molecule has 114 valence electrons. The summed E-state index contributed by atoms with van der Waals surface area (Å²) in [5, 5.41) is 15.4. The summed E-state index contributed by atoms with van der Waals surface area (Å²) in [4.78, 5) is 12.0. The van der Waals surface area contributed by atoms with E-state index in [2.05, 4.69) is 16.7 Å². The number of nitrogens with zero attached hydrogens (tertiary/aromatic N) is 1. The molecule has 0 aromatic heterocycles. The highest BCUT2D eigenvalue weighted by molar-refractivity contribution is 6.30. The molecule has 2 N–H and O–H groups in total. The molecule has 1 rings (SSSR count). The van der Waals surface area contributed by atoms with Crippen LogP contribution < -0.4 is 15.4 Å². The largest absolute Gasteiger partial charge is 0.495 e. The van der Waals surface area contributed by atoms with Gasteiger partial charge in [-0.05, 0) is 31.0 Å². The number of anilines is 1. The summed E-state index contributed by atoms with van der Waals surface area (Å²) >= 11 is 5.92. The molecule has 0 fully saturated rings. The number of hydrogen-bond donors (Lipinski definition) is 2. The number of nitriles is 1. The molecule has 0 saturated heterocycles. The summed E-state index contributed by atoms with van der Waals surface area (Å²) in [7, 11) is 1.54. The summed E-state index contributed by atoms with van der Waals surface area (Å²) in [5.41, 5.74) is -0.264. The second-order valence-electron chi connectivity index (χ2n) is 5.22. The zero-order valence-electron chi connectivity index (χ0n) is 12.7. The zero-order chi connectivity index (χ0) is 16.0. The average Bonchev–Trinajstić information content (AvgIpc) is 2.44. The van der Waals surface area contributed by atoms with Crippen molar-refractivity contribution in [3.05, 3.63) is 23.2 Å². The molecule has 21 heavy (non-hydrogen) atoms. The summed E-state index contributed by atoms with van der Waals surface area (Å²) in [6, 6.07) is 7.24. The fraction of sp³-hybridized carbons (Fsp3) is 0.467. The van der Waals surface area contributed by atoms with E-state index in [1.807, 2.05) is 13.8 Å². The second-order valence-corrected chi connectivity index (χ2v) is 5.65. The predicted octanol–water partition coefficient (Wildman–Crippen LogP) is 2.81. The minimum Gasteiger partial charge on any atom is -0.495 e. The number of ether oxygens (including phenoxy) is 1. The number of hydrogen-bond acceptors (Lipinski definition) is 4. The van der Waals surface area contributed by atoms with Crippen molar-refractivity contribution in [1.82, 2.24) is 5.32 Å². The van der Waals surface area contributed by atoms with Crippen molar-refractivity contribution in [2.75, 3.05) is 19.0 Å². The van der Waals surface area contributed by atoms with Crippen LogP contribution in [0.1, 0.15) is 20.8 Å². The summed E-state index contributed by atoms with van der Waals surface area (Å²) in [6.45, 7) is 5.50. The minimum atomic E-state index is -0.892. The van der Waals surface area contributed by atoms with Crippen LogP contribution in [0, 0.1) is 17.2 Å². The van der Waals surface area contributed by atoms with Crippen LogP contribution in [0.4, 0.5) is 5.69 Å². The Morgan fingerprint density at radius 1 is 1.52 bits per heavy atom. The van der Waals surface area contributed by atoms with Crippen molar-refractivity contribution in [3.8, 4) is 11.8 Å². The van der Waals surface area contributed by atoms with Gasteiger partial charge in [-0.25, -0.2) is 0 Å². The number of methoxy groups -OCH3 is 1. The highest BCUT2D eigenvalue weighted by atomic mass is 35.5. The summed E-state index contributed by atoms with van der Waals surface area (Å²) in [6.07, 6.45) is 0. The molecule has 1 amide bonds. The van der Waals surface area contributed by atoms with E-state index in [0.717, 1.165) is 0 Å². The topological polar surface area (TPSA) is 74.2 Å². The third-order valence-corrected chi connectivity index (χ3v) is 3.62. The Morgan fingerprint density at radius 2 is 2.19 bits per heavy atom. The molecule has 0 bridgehead atoms. The Hall–Kier alpha value is -1.93. The SMILES string of the molecule is COc1ccc(Cl)cc1NCC(=O)N[C@](C)(C#N)C(C)C. The maximum atomic E-state index is 12.0. The van der Waals surface area contributed by atoms with Gasteiger partial charge in [0, 0.05) is 5.02 Å². The smallest absolute Gasteiger partial charge is 0.240 e. The quantitative estimate of drug-likeness (QED) is 0.847. The van der Waals surface area contributed by atoms with Gasteiger partial charge in [0.2, 0.25) is 5.91 Å². The van der Waals surface area contributed by atoms with Crippen LogP contribution in [0.25, 0.3) is 0 Å². The monoisotopic (exact) mass is 309 g/mol. The molecule has 0 spiro atoms. The number of halogens is 1. The van der Waals surface area contributed by atoms with Gasteiger partial charge in [-0.3, -0.25) is 4.79 Å². The Balaban J connectivity index is 2.70. The molecule has 0 aliphatic rings. The lowest BCUT2D eigenvalue weighted by atomic mass is 9.90. The Kier molecular flexibility index (Phi) is 5.86. The first-order chi connectivity index (χ1) is 9.82. The molecule has 0 aliphatic carbocycles. The van der Waals surface area contributed by atoms with Crippen molar-refractivity contribution in [2.45, 2.75) is 26.3 Å². The van der Waals surface area contributed by atoms with Gasteiger partial charge < -0.3 is 15.4 Å². The third-order valence-electron chi connectivity index (χ3n) is 3.39. The minimum absolute atomic E-state index is 0.00663. The molecular formula is C15H20ClN3O2. The van der Waals surface area contributed by atoms with E-state index in [1.165, 1.54) is 0 Å². The van der Waals surface area contributed by atoms with E-state index >= 15 is 0 Å². The average molecular weight is 310 g/mol. The number of amides is 1. The molecule has 6 heteroatoms. The molecular weight excluding hydrogens is 290 g/mol. The molecule has 0 radical (unpaired) electrons. The number of rotatable bonds is 6. The Morgan fingerprint density at radius 3 is 2.71 bits per heavy atom. The Bertz CT molecular complexity index is 554. The first kappa shape index (κ1) is 17.1. The number of carbonyl (C=O) groups is 1. The van der Waals surface area contributed by atoms with Crippen LogP contribution in [0.5, 0.6) is 5.75 Å². The van der Waals surface area contributed by atoms with Gasteiger partial charge in [0.25, 0.3) is 0 Å². The van der Waals surface area contributed by atoms with Gasteiger partial charge in [-0.2, -0.15) is 5.26 Å². The fourth-order valence-corrected chi connectivity index (χ4v) is 1.80. The molecule has 1 aromatic carbocycles. The van der Waals surface area contributed by atoms with Gasteiger partial charge in [0.15, 0.2) is 0 Å². The fourth-order valence-electron chi connectivity index (χ4n) is 1.63. The highest BCUT2D eigenvalue weighted by Gasteiger charge is 2.29. The normalized spacial score (nSPS) is 13.2. The highest BCUT2D eigenvalue weighted by Crippen LogP contribution is 2.27. The van der Waals surface area contributed by atoms with Crippen molar-refractivity contribution in [3.63, 3.8) is 0 Å².